The molecule has 1 atom stereocenters. The van der Waals surface area contributed by atoms with E-state index in [-0.39, 0.29) is 6.10 Å². The van der Waals surface area contributed by atoms with Crippen molar-refractivity contribution in [3.05, 3.63) is 0 Å². The summed E-state index contributed by atoms with van der Waals surface area (Å²) >= 11 is 3.39. The molecule has 1 saturated heterocycles. The zero-order valence-electron chi connectivity index (χ0n) is 8.25. The number of hydrogen-bond acceptors (Lipinski definition) is 2. The van der Waals surface area contributed by atoms with Crippen LogP contribution in [-0.2, 0) is 9.53 Å². The molecule has 2 aliphatic rings. The minimum Gasteiger partial charge on any atom is -0.374 e. The van der Waals surface area contributed by atoms with Crippen LogP contribution in [0.25, 0.3) is 0 Å². The van der Waals surface area contributed by atoms with Gasteiger partial charge >= 0.3 is 0 Å². The van der Waals surface area contributed by atoms with Gasteiger partial charge < -0.3 is 9.64 Å². The quantitative estimate of drug-likeness (QED) is 0.704. The largest absolute Gasteiger partial charge is 0.374 e. The van der Waals surface area contributed by atoms with E-state index in [4.69, 9.17) is 4.74 Å². The Kier molecular flexibility index (Phi) is 3.44. The third-order valence-corrected chi connectivity index (χ3v) is 3.80. The molecule has 0 N–H and O–H groups in total. The molecule has 80 valence electrons. The van der Waals surface area contributed by atoms with Crippen LogP contribution in [0.2, 0.25) is 0 Å². The summed E-state index contributed by atoms with van der Waals surface area (Å²) in [6.07, 6.45) is 3.60. The standard InChI is InChI=1S/C10H16BrNO2/c11-6-9-7-12(4-5-14-9)10(13)8-2-1-3-8/h8-9H,1-7H2. The summed E-state index contributed by atoms with van der Waals surface area (Å²) in [5, 5.41) is 0.821. The van der Waals surface area contributed by atoms with Gasteiger partial charge in [-0.25, -0.2) is 0 Å². The van der Waals surface area contributed by atoms with E-state index < -0.39 is 0 Å². The van der Waals surface area contributed by atoms with Gasteiger partial charge in [0.05, 0.1) is 12.7 Å². The van der Waals surface area contributed by atoms with Crippen LogP contribution in [-0.4, -0.2) is 41.9 Å². The lowest BCUT2D eigenvalue weighted by atomic mass is 9.84. The van der Waals surface area contributed by atoms with Gasteiger partial charge in [0.1, 0.15) is 0 Å². The second-order valence-electron chi connectivity index (χ2n) is 4.06. The van der Waals surface area contributed by atoms with Gasteiger partial charge in [-0.05, 0) is 12.8 Å². The van der Waals surface area contributed by atoms with E-state index in [0.717, 1.165) is 31.3 Å². The van der Waals surface area contributed by atoms with E-state index in [9.17, 15) is 4.79 Å². The molecule has 0 aromatic carbocycles. The number of amides is 1. The number of ether oxygens (including phenoxy) is 1. The third-order valence-electron chi connectivity index (χ3n) is 3.08. The SMILES string of the molecule is O=C(C1CCC1)N1CCOC(CBr)C1. The van der Waals surface area contributed by atoms with E-state index in [1.165, 1.54) is 6.42 Å². The maximum Gasteiger partial charge on any atom is 0.225 e. The zero-order valence-corrected chi connectivity index (χ0v) is 9.83. The van der Waals surface area contributed by atoms with E-state index in [1.807, 2.05) is 4.90 Å². The Morgan fingerprint density at radius 1 is 1.50 bits per heavy atom. The van der Waals surface area contributed by atoms with Crippen LogP contribution >= 0.6 is 15.9 Å². The van der Waals surface area contributed by atoms with Gasteiger partial charge in [0, 0.05) is 24.3 Å². The van der Waals surface area contributed by atoms with E-state index in [2.05, 4.69) is 15.9 Å². The Hall–Kier alpha value is -0.0900. The Morgan fingerprint density at radius 2 is 2.29 bits per heavy atom. The lowest BCUT2D eigenvalue weighted by Crippen LogP contribution is -2.49. The van der Waals surface area contributed by atoms with Crippen molar-refractivity contribution in [2.45, 2.75) is 25.4 Å². The molecule has 1 aliphatic heterocycles. The first-order chi connectivity index (χ1) is 6.81. The van der Waals surface area contributed by atoms with Gasteiger partial charge in [0.25, 0.3) is 0 Å². The van der Waals surface area contributed by atoms with E-state index in [1.54, 1.807) is 0 Å². The molecule has 14 heavy (non-hydrogen) atoms. The Labute approximate surface area is 92.9 Å². The fourth-order valence-corrected chi connectivity index (χ4v) is 2.32. The Balaban J connectivity index is 1.86. The van der Waals surface area contributed by atoms with Crippen molar-refractivity contribution in [2.24, 2.45) is 5.92 Å². The van der Waals surface area contributed by atoms with Crippen molar-refractivity contribution in [2.75, 3.05) is 25.0 Å². The minimum absolute atomic E-state index is 0.188. The molecule has 1 unspecified atom stereocenters. The maximum absolute atomic E-state index is 11.9. The predicted molar refractivity (Wildman–Crippen MR) is 57.5 cm³/mol. The normalized spacial score (nSPS) is 28.6. The third kappa shape index (κ3) is 2.11. The Morgan fingerprint density at radius 3 is 2.86 bits per heavy atom. The highest BCUT2D eigenvalue weighted by Crippen LogP contribution is 2.28. The second-order valence-corrected chi connectivity index (χ2v) is 4.71. The molecular formula is C10H16BrNO2. The summed E-state index contributed by atoms with van der Waals surface area (Å²) in [6.45, 7) is 2.23. The number of rotatable bonds is 2. The monoisotopic (exact) mass is 261 g/mol. The smallest absolute Gasteiger partial charge is 0.225 e. The molecule has 1 saturated carbocycles. The topological polar surface area (TPSA) is 29.5 Å². The summed E-state index contributed by atoms with van der Waals surface area (Å²) in [6, 6.07) is 0. The zero-order chi connectivity index (χ0) is 9.97. The van der Waals surface area contributed by atoms with Crippen molar-refractivity contribution in [3.63, 3.8) is 0 Å². The molecule has 1 aliphatic carbocycles. The summed E-state index contributed by atoms with van der Waals surface area (Å²) in [7, 11) is 0. The summed E-state index contributed by atoms with van der Waals surface area (Å²) < 4.78 is 5.50. The second kappa shape index (κ2) is 4.62. The van der Waals surface area contributed by atoms with Crippen LogP contribution in [0.15, 0.2) is 0 Å². The first-order valence-corrected chi connectivity index (χ1v) is 6.39. The van der Waals surface area contributed by atoms with Crippen LogP contribution in [0.4, 0.5) is 0 Å². The number of morpholine rings is 1. The summed E-state index contributed by atoms with van der Waals surface area (Å²) in [5.41, 5.74) is 0. The summed E-state index contributed by atoms with van der Waals surface area (Å²) in [5.74, 6) is 0.676. The molecule has 0 aromatic heterocycles. The fourth-order valence-electron chi connectivity index (χ4n) is 1.93. The number of carbonyl (C=O) groups excluding carboxylic acids is 1. The first-order valence-electron chi connectivity index (χ1n) is 5.27. The average Bonchev–Trinajstić information content (AvgIpc) is 2.15. The molecule has 2 rings (SSSR count). The minimum atomic E-state index is 0.188. The highest BCUT2D eigenvalue weighted by molar-refractivity contribution is 9.09. The first kappa shape index (κ1) is 10.4. The molecule has 0 radical (unpaired) electrons. The van der Waals surface area contributed by atoms with E-state index >= 15 is 0 Å². The Bertz CT molecular complexity index is 218. The van der Waals surface area contributed by atoms with Gasteiger partial charge in [0.2, 0.25) is 5.91 Å². The number of halogens is 1. The van der Waals surface area contributed by atoms with Crippen molar-refractivity contribution in [3.8, 4) is 0 Å². The van der Waals surface area contributed by atoms with Crippen LogP contribution < -0.4 is 0 Å². The lowest BCUT2D eigenvalue weighted by Gasteiger charge is -2.36. The van der Waals surface area contributed by atoms with Gasteiger partial charge in [-0.1, -0.05) is 22.4 Å². The highest BCUT2D eigenvalue weighted by atomic mass is 79.9. The number of hydrogen-bond donors (Lipinski definition) is 0. The molecule has 0 aromatic rings. The van der Waals surface area contributed by atoms with Crippen molar-refractivity contribution >= 4 is 21.8 Å². The van der Waals surface area contributed by atoms with Crippen molar-refractivity contribution in [1.82, 2.24) is 4.90 Å². The van der Waals surface area contributed by atoms with E-state index in [0.29, 0.717) is 18.4 Å². The van der Waals surface area contributed by atoms with Gasteiger partial charge in [0.15, 0.2) is 0 Å². The lowest BCUT2D eigenvalue weighted by molar-refractivity contribution is -0.144. The van der Waals surface area contributed by atoms with Crippen LogP contribution in [0.5, 0.6) is 0 Å². The molecule has 1 heterocycles. The molecule has 4 heteroatoms. The van der Waals surface area contributed by atoms with Crippen LogP contribution in [0, 0.1) is 5.92 Å². The van der Waals surface area contributed by atoms with Crippen LogP contribution in [0.1, 0.15) is 19.3 Å². The van der Waals surface area contributed by atoms with Crippen molar-refractivity contribution in [1.29, 1.82) is 0 Å². The number of alkyl halides is 1. The van der Waals surface area contributed by atoms with Crippen LogP contribution in [0.3, 0.4) is 0 Å². The maximum atomic E-state index is 11.9. The van der Waals surface area contributed by atoms with Gasteiger partial charge in [-0.15, -0.1) is 0 Å². The molecule has 0 bridgehead atoms. The fraction of sp³-hybridized carbons (Fsp3) is 0.900. The molecule has 3 nitrogen and oxygen atoms in total. The van der Waals surface area contributed by atoms with Gasteiger partial charge in [-0.2, -0.15) is 0 Å². The highest BCUT2D eigenvalue weighted by Gasteiger charge is 2.32. The number of carbonyl (C=O) groups is 1. The molecular weight excluding hydrogens is 246 g/mol. The molecule has 2 fully saturated rings. The van der Waals surface area contributed by atoms with Crippen molar-refractivity contribution < 1.29 is 9.53 Å². The van der Waals surface area contributed by atoms with Gasteiger partial charge in [-0.3, -0.25) is 4.79 Å². The predicted octanol–water partition coefficient (Wildman–Crippen LogP) is 1.41. The molecule has 0 spiro atoms. The summed E-state index contributed by atoms with van der Waals surface area (Å²) in [4.78, 5) is 13.9. The average molecular weight is 262 g/mol. The molecule has 1 amide bonds. The number of nitrogens with zero attached hydrogens (tertiary/aromatic N) is 1.